The number of aliphatic hydroxyl groups is 1. The maximum absolute atomic E-state index is 11.1. The SMILES string of the molecule is CC1C(=O)C=CC(C)(O)C1C. The van der Waals surface area contributed by atoms with Crippen molar-refractivity contribution >= 4 is 5.78 Å². The van der Waals surface area contributed by atoms with Crippen LogP contribution in [0.4, 0.5) is 0 Å². The van der Waals surface area contributed by atoms with Gasteiger partial charge in [0.1, 0.15) is 0 Å². The minimum absolute atomic E-state index is 0.0139. The molecule has 1 aliphatic carbocycles. The first-order chi connectivity index (χ1) is 4.95. The Labute approximate surface area is 66.9 Å². The Hall–Kier alpha value is -0.630. The predicted molar refractivity (Wildman–Crippen MR) is 43.1 cm³/mol. The number of hydrogen-bond donors (Lipinski definition) is 1. The number of ketones is 1. The van der Waals surface area contributed by atoms with Crippen molar-refractivity contribution in [1.82, 2.24) is 0 Å². The molecule has 3 atom stereocenters. The molecule has 0 saturated carbocycles. The summed E-state index contributed by atoms with van der Waals surface area (Å²) < 4.78 is 0. The molecule has 0 fully saturated rings. The van der Waals surface area contributed by atoms with E-state index in [0.717, 1.165) is 0 Å². The fourth-order valence-electron chi connectivity index (χ4n) is 1.31. The lowest BCUT2D eigenvalue weighted by Crippen LogP contribution is -2.40. The second-order valence-corrected chi connectivity index (χ2v) is 3.54. The number of carbonyl (C=O) groups excluding carboxylic acids is 1. The van der Waals surface area contributed by atoms with E-state index in [0.29, 0.717) is 0 Å². The fraction of sp³-hybridized carbons (Fsp3) is 0.667. The molecule has 0 spiro atoms. The summed E-state index contributed by atoms with van der Waals surface area (Å²) in [4.78, 5) is 11.1. The van der Waals surface area contributed by atoms with Crippen molar-refractivity contribution in [2.75, 3.05) is 0 Å². The average molecular weight is 154 g/mol. The highest BCUT2D eigenvalue weighted by molar-refractivity contribution is 5.92. The van der Waals surface area contributed by atoms with Gasteiger partial charge in [0.25, 0.3) is 0 Å². The number of carbonyl (C=O) groups is 1. The second-order valence-electron chi connectivity index (χ2n) is 3.54. The van der Waals surface area contributed by atoms with Gasteiger partial charge in [-0.2, -0.15) is 0 Å². The molecule has 0 heterocycles. The number of rotatable bonds is 0. The average Bonchev–Trinajstić information content (AvgIpc) is 1.95. The molecule has 0 aliphatic heterocycles. The minimum Gasteiger partial charge on any atom is -0.386 e. The van der Waals surface area contributed by atoms with Gasteiger partial charge in [0, 0.05) is 5.92 Å². The second kappa shape index (κ2) is 2.45. The third-order valence-electron chi connectivity index (χ3n) is 2.71. The molecule has 0 bridgehead atoms. The molecule has 0 saturated heterocycles. The van der Waals surface area contributed by atoms with E-state index in [9.17, 15) is 9.90 Å². The van der Waals surface area contributed by atoms with E-state index in [1.54, 1.807) is 13.0 Å². The molecule has 62 valence electrons. The van der Waals surface area contributed by atoms with E-state index >= 15 is 0 Å². The molecule has 0 aromatic rings. The zero-order chi connectivity index (χ0) is 8.65. The van der Waals surface area contributed by atoms with Crippen LogP contribution in [0.2, 0.25) is 0 Å². The van der Waals surface area contributed by atoms with Crippen LogP contribution in [0, 0.1) is 11.8 Å². The Kier molecular flexibility index (Phi) is 1.89. The maximum atomic E-state index is 11.1. The van der Waals surface area contributed by atoms with Gasteiger partial charge in [0.15, 0.2) is 5.78 Å². The number of hydrogen-bond acceptors (Lipinski definition) is 2. The molecule has 0 aromatic heterocycles. The Morgan fingerprint density at radius 3 is 2.55 bits per heavy atom. The summed E-state index contributed by atoms with van der Waals surface area (Å²) in [6.07, 6.45) is 3.06. The van der Waals surface area contributed by atoms with Crippen LogP contribution < -0.4 is 0 Å². The van der Waals surface area contributed by atoms with Crippen molar-refractivity contribution in [3.05, 3.63) is 12.2 Å². The summed E-state index contributed by atoms with van der Waals surface area (Å²) in [6, 6.07) is 0. The topological polar surface area (TPSA) is 37.3 Å². The summed E-state index contributed by atoms with van der Waals surface area (Å²) in [5.41, 5.74) is -0.812. The summed E-state index contributed by atoms with van der Waals surface area (Å²) in [5.74, 6) is 0.0685. The van der Waals surface area contributed by atoms with Gasteiger partial charge in [-0.1, -0.05) is 13.8 Å². The lowest BCUT2D eigenvalue weighted by Gasteiger charge is -2.33. The summed E-state index contributed by atoms with van der Waals surface area (Å²) in [6.45, 7) is 5.48. The molecular formula is C9H14O2. The van der Waals surface area contributed by atoms with Gasteiger partial charge in [-0.15, -0.1) is 0 Å². The highest BCUT2D eigenvalue weighted by Gasteiger charge is 2.35. The first kappa shape index (κ1) is 8.47. The zero-order valence-corrected chi connectivity index (χ0v) is 7.16. The van der Waals surface area contributed by atoms with Crippen LogP contribution in [0.1, 0.15) is 20.8 Å². The lowest BCUT2D eigenvalue weighted by atomic mass is 9.75. The Morgan fingerprint density at radius 2 is 2.09 bits per heavy atom. The van der Waals surface area contributed by atoms with E-state index in [2.05, 4.69) is 0 Å². The lowest BCUT2D eigenvalue weighted by molar-refractivity contribution is -0.123. The van der Waals surface area contributed by atoms with Crippen LogP contribution in [0.25, 0.3) is 0 Å². The van der Waals surface area contributed by atoms with E-state index < -0.39 is 5.60 Å². The van der Waals surface area contributed by atoms with Crippen LogP contribution in [0.15, 0.2) is 12.2 Å². The third kappa shape index (κ3) is 1.36. The Bertz CT molecular complexity index is 204. The van der Waals surface area contributed by atoms with Crippen LogP contribution >= 0.6 is 0 Å². The third-order valence-corrected chi connectivity index (χ3v) is 2.71. The van der Waals surface area contributed by atoms with Crippen molar-refractivity contribution < 1.29 is 9.90 Å². The van der Waals surface area contributed by atoms with Gasteiger partial charge in [-0.3, -0.25) is 4.79 Å². The van der Waals surface area contributed by atoms with Gasteiger partial charge in [-0.25, -0.2) is 0 Å². The first-order valence-electron chi connectivity index (χ1n) is 3.90. The predicted octanol–water partition coefficient (Wildman–Crippen LogP) is 1.15. The van der Waals surface area contributed by atoms with Crippen LogP contribution in [-0.4, -0.2) is 16.5 Å². The summed E-state index contributed by atoms with van der Waals surface area (Å²) in [5, 5.41) is 9.69. The van der Waals surface area contributed by atoms with Crippen LogP contribution in [-0.2, 0) is 4.79 Å². The van der Waals surface area contributed by atoms with Gasteiger partial charge in [0.05, 0.1) is 5.60 Å². The van der Waals surface area contributed by atoms with Gasteiger partial charge in [-0.05, 0) is 25.0 Å². The van der Waals surface area contributed by atoms with Gasteiger partial charge < -0.3 is 5.11 Å². The van der Waals surface area contributed by atoms with Crippen molar-refractivity contribution in [1.29, 1.82) is 0 Å². The molecule has 0 radical (unpaired) electrons. The molecule has 2 nitrogen and oxygen atoms in total. The minimum atomic E-state index is -0.812. The van der Waals surface area contributed by atoms with Gasteiger partial charge >= 0.3 is 0 Å². The van der Waals surface area contributed by atoms with Gasteiger partial charge in [0.2, 0.25) is 0 Å². The Balaban J connectivity index is 2.94. The van der Waals surface area contributed by atoms with Crippen molar-refractivity contribution in [3.63, 3.8) is 0 Å². The standard InChI is InChI=1S/C9H14O2/c1-6-7(2)9(3,11)5-4-8(6)10/h4-7,11H,1-3H3. The molecule has 3 unspecified atom stereocenters. The highest BCUT2D eigenvalue weighted by Crippen LogP contribution is 2.30. The Morgan fingerprint density at radius 1 is 1.55 bits per heavy atom. The first-order valence-corrected chi connectivity index (χ1v) is 3.90. The van der Waals surface area contributed by atoms with E-state index in [1.807, 2.05) is 13.8 Å². The van der Waals surface area contributed by atoms with Crippen LogP contribution in [0.5, 0.6) is 0 Å². The summed E-state index contributed by atoms with van der Waals surface area (Å²) >= 11 is 0. The molecule has 0 aromatic carbocycles. The zero-order valence-electron chi connectivity index (χ0n) is 7.16. The summed E-state index contributed by atoms with van der Waals surface area (Å²) in [7, 11) is 0. The molecule has 1 N–H and O–H groups in total. The normalized spacial score (nSPS) is 44.5. The monoisotopic (exact) mass is 154 g/mol. The van der Waals surface area contributed by atoms with Crippen molar-refractivity contribution in [2.24, 2.45) is 11.8 Å². The quantitative estimate of drug-likeness (QED) is 0.568. The van der Waals surface area contributed by atoms with E-state index in [4.69, 9.17) is 0 Å². The fourth-order valence-corrected chi connectivity index (χ4v) is 1.31. The highest BCUT2D eigenvalue weighted by atomic mass is 16.3. The van der Waals surface area contributed by atoms with Crippen molar-refractivity contribution in [2.45, 2.75) is 26.4 Å². The molecule has 0 amide bonds. The van der Waals surface area contributed by atoms with E-state index in [1.165, 1.54) is 6.08 Å². The number of allylic oxidation sites excluding steroid dienone is 1. The van der Waals surface area contributed by atoms with Crippen molar-refractivity contribution in [3.8, 4) is 0 Å². The van der Waals surface area contributed by atoms with Crippen LogP contribution in [0.3, 0.4) is 0 Å². The molecule has 1 aliphatic rings. The molecule has 1 rings (SSSR count). The molecule has 2 heteroatoms. The molecule has 11 heavy (non-hydrogen) atoms. The smallest absolute Gasteiger partial charge is 0.158 e. The largest absolute Gasteiger partial charge is 0.386 e. The van der Waals surface area contributed by atoms with E-state index in [-0.39, 0.29) is 17.6 Å². The molecular weight excluding hydrogens is 140 g/mol. The maximum Gasteiger partial charge on any atom is 0.158 e.